The Hall–Kier alpha value is -1.36. The van der Waals surface area contributed by atoms with Crippen LogP contribution in [0.4, 0.5) is 5.82 Å². The van der Waals surface area contributed by atoms with Gasteiger partial charge in [0, 0.05) is 37.9 Å². The Labute approximate surface area is 96.5 Å². The zero-order chi connectivity index (χ0) is 11.5. The average Bonchev–Trinajstić information content (AvgIpc) is 2.30. The Morgan fingerprint density at radius 3 is 2.75 bits per heavy atom. The first-order valence-electron chi connectivity index (χ1n) is 5.40. The van der Waals surface area contributed by atoms with Crippen molar-refractivity contribution in [2.45, 2.75) is 6.92 Å². The number of anilines is 1. The Kier molecular flexibility index (Phi) is 3.24. The lowest BCUT2D eigenvalue weighted by Crippen LogP contribution is -2.44. The molecule has 4 nitrogen and oxygen atoms in total. The molecule has 1 aromatic heterocycles. The van der Waals surface area contributed by atoms with Gasteiger partial charge in [0.15, 0.2) is 7.85 Å². The maximum atomic E-state index is 11.0. The van der Waals surface area contributed by atoms with Gasteiger partial charge in [0.1, 0.15) is 11.5 Å². The van der Waals surface area contributed by atoms with Gasteiger partial charge in [-0.2, -0.15) is 0 Å². The van der Waals surface area contributed by atoms with Gasteiger partial charge in [0.25, 0.3) is 0 Å². The minimum atomic E-state index is -0.428. The molecule has 1 saturated heterocycles. The molecule has 2 radical (unpaired) electrons. The van der Waals surface area contributed by atoms with Gasteiger partial charge in [-0.15, -0.1) is 0 Å². The van der Waals surface area contributed by atoms with Crippen LogP contribution in [0.25, 0.3) is 0 Å². The van der Waals surface area contributed by atoms with Crippen molar-refractivity contribution in [3.8, 4) is 0 Å². The van der Waals surface area contributed by atoms with Crippen molar-refractivity contribution in [2.75, 3.05) is 31.1 Å². The van der Waals surface area contributed by atoms with E-state index in [0.29, 0.717) is 5.56 Å². The quantitative estimate of drug-likeness (QED) is 0.711. The van der Waals surface area contributed by atoms with Gasteiger partial charge in [0.2, 0.25) is 0 Å². The van der Waals surface area contributed by atoms with E-state index in [0.717, 1.165) is 37.6 Å². The minimum Gasteiger partial charge on any atom is -0.354 e. The third kappa shape index (κ3) is 2.24. The fourth-order valence-corrected chi connectivity index (χ4v) is 1.91. The molecule has 16 heavy (non-hydrogen) atoms. The lowest BCUT2D eigenvalue weighted by molar-refractivity contribution is 0.108. The number of nitrogens with zero attached hydrogens (tertiary/aromatic N) is 2. The standard InChI is InChI=1S/C11H14BN3O/c1-8-6-9(10(12)16)7-14-11(8)15-4-2-13-3-5-15/h6-7,13H,2-5H2,1H3. The average molecular weight is 215 g/mol. The summed E-state index contributed by atoms with van der Waals surface area (Å²) in [7, 11) is 5.21. The molecule has 1 N–H and O–H groups in total. The lowest BCUT2D eigenvalue weighted by Gasteiger charge is -2.29. The number of piperazine rings is 1. The number of aromatic nitrogens is 1. The van der Waals surface area contributed by atoms with Crippen molar-refractivity contribution >= 4 is 19.3 Å². The Bertz CT molecular complexity index is 402. The molecule has 0 atom stereocenters. The van der Waals surface area contributed by atoms with Gasteiger partial charge in [-0.1, -0.05) is 0 Å². The third-order valence-electron chi connectivity index (χ3n) is 2.75. The molecule has 0 saturated carbocycles. The fourth-order valence-electron chi connectivity index (χ4n) is 1.91. The van der Waals surface area contributed by atoms with Gasteiger partial charge in [-0.05, 0) is 18.6 Å². The van der Waals surface area contributed by atoms with Crippen LogP contribution in [0.1, 0.15) is 15.9 Å². The molecule has 0 aromatic carbocycles. The van der Waals surface area contributed by atoms with E-state index < -0.39 is 5.68 Å². The molecular weight excluding hydrogens is 201 g/mol. The van der Waals surface area contributed by atoms with Crippen LogP contribution >= 0.6 is 0 Å². The normalized spacial score (nSPS) is 16.2. The summed E-state index contributed by atoms with van der Waals surface area (Å²) in [5.74, 6) is 0.950. The Morgan fingerprint density at radius 1 is 1.50 bits per heavy atom. The molecule has 0 amide bonds. The van der Waals surface area contributed by atoms with Crippen molar-refractivity contribution in [1.29, 1.82) is 0 Å². The van der Waals surface area contributed by atoms with Gasteiger partial charge in [-0.3, -0.25) is 0 Å². The van der Waals surface area contributed by atoms with Crippen molar-refractivity contribution in [3.05, 3.63) is 23.4 Å². The van der Waals surface area contributed by atoms with Crippen LogP contribution in [0, 0.1) is 6.92 Å². The molecule has 82 valence electrons. The SMILES string of the molecule is [B]C(=O)c1cnc(N2CCNCC2)c(C)c1. The van der Waals surface area contributed by atoms with Crippen LogP contribution < -0.4 is 10.2 Å². The topological polar surface area (TPSA) is 45.2 Å². The molecule has 0 bridgehead atoms. The molecule has 2 rings (SSSR count). The van der Waals surface area contributed by atoms with Crippen LogP contribution in [-0.4, -0.2) is 44.7 Å². The summed E-state index contributed by atoms with van der Waals surface area (Å²) in [6.07, 6.45) is 1.55. The van der Waals surface area contributed by atoms with E-state index in [4.69, 9.17) is 7.85 Å². The molecule has 5 heteroatoms. The fraction of sp³-hybridized carbons (Fsp3) is 0.455. The monoisotopic (exact) mass is 215 g/mol. The zero-order valence-corrected chi connectivity index (χ0v) is 9.36. The van der Waals surface area contributed by atoms with Gasteiger partial charge >= 0.3 is 0 Å². The highest BCUT2D eigenvalue weighted by molar-refractivity contribution is 6.62. The van der Waals surface area contributed by atoms with E-state index in [1.165, 1.54) is 0 Å². The number of rotatable bonds is 2. The van der Waals surface area contributed by atoms with E-state index in [9.17, 15) is 4.79 Å². The summed E-state index contributed by atoms with van der Waals surface area (Å²) in [6, 6.07) is 1.80. The third-order valence-corrected chi connectivity index (χ3v) is 2.75. The van der Waals surface area contributed by atoms with E-state index in [1.807, 2.05) is 6.92 Å². The first-order valence-corrected chi connectivity index (χ1v) is 5.40. The molecule has 1 fully saturated rings. The number of nitrogens with one attached hydrogen (secondary N) is 1. The molecule has 0 spiro atoms. The summed E-state index contributed by atoms with van der Waals surface area (Å²) >= 11 is 0. The van der Waals surface area contributed by atoms with E-state index >= 15 is 0 Å². The van der Waals surface area contributed by atoms with Crippen LogP contribution in [0.5, 0.6) is 0 Å². The molecule has 1 aliphatic rings. The highest BCUT2D eigenvalue weighted by Gasteiger charge is 2.14. The summed E-state index contributed by atoms with van der Waals surface area (Å²) in [5, 5.41) is 3.29. The molecule has 1 aliphatic heterocycles. The van der Waals surface area contributed by atoms with Gasteiger partial charge in [-0.25, -0.2) is 4.98 Å². The number of aryl methyl sites for hydroxylation is 1. The minimum absolute atomic E-state index is 0.428. The van der Waals surface area contributed by atoms with Gasteiger partial charge in [0.05, 0.1) is 0 Å². The van der Waals surface area contributed by atoms with E-state index in [1.54, 1.807) is 12.3 Å². The smallest absolute Gasteiger partial charge is 0.175 e. The maximum Gasteiger partial charge on any atom is 0.175 e. The van der Waals surface area contributed by atoms with Crippen LogP contribution in [0.15, 0.2) is 12.3 Å². The molecular formula is C11H14BN3O. The molecule has 2 heterocycles. The number of hydrogen-bond acceptors (Lipinski definition) is 4. The van der Waals surface area contributed by atoms with E-state index in [-0.39, 0.29) is 0 Å². The largest absolute Gasteiger partial charge is 0.354 e. The van der Waals surface area contributed by atoms with Crippen LogP contribution in [-0.2, 0) is 0 Å². The summed E-state index contributed by atoms with van der Waals surface area (Å²) in [6.45, 7) is 5.79. The van der Waals surface area contributed by atoms with Crippen LogP contribution in [0.3, 0.4) is 0 Å². The van der Waals surface area contributed by atoms with Crippen molar-refractivity contribution < 1.29 is 4.79 Å². The van der Waals surface area contributed by atoms with Crippen LogP contribution in [0.2, 0.25) is 0 Å². The zero-order valence-electron chi connectivity index (χ0n) is 9.36. The first kappa shape index (κ1) is 11.1. The summed E-state index contributed by atoms with van der Waals surface area (Å²) in [5.41, 5.74) is 1.04. The number of carbonyl (C=O) groups is 1. The lowest BCUT2D eigenvalue weighted by atomic mass is 9.95. The second kappa shape index (κ2) is 4.66. The Morgan fingerprint density at radius 2 is 2.19 bits per heavy atom. The number of carbonyl (C=O) groups excluding carboxylic acids is 1. The predicted octanol–water partition coefficient (Wildman–Crippen LogP) is 0.108. The molecule has 1 aromatic rings. The van der Waals surface area contributed by atoms with Crippen molar-refractivity contribution in [1.82, 2.24) is 10.3 Å². The van der Waals surface area contributed by atoms with E-state index in [2.05, 4.69) is 15.2 Å². The second-order valence-electron chi connectivity index (χ2n) is 3.97. The first-order chi connectivity index (χ1) is 7.68. The molecule has 0 unspecified atom stereocenters. The van der Waals surface area contributed by atoms with Crippen molar-refractivity contribution in [2.24, 2.45) is 0 Å². The predicted molar refractivity (Wildman–Crippen MR) is 64.1 cm³/mol. The second-order valence-corrected chi connectivity index (χ2v) is 3.97. The maximum absolute atomic E-state index is 11.0. The Balaban J connectivity index is 2.24. The summed E-state index contributed by atoms with van der Waals surface area (Å²) < 4.78 is 0. The highest BCUT2D eigenvalue weighted by atomic mass is 16.1. The number of pyridine rings is 1. The highest BCUT2D eigenvalue weighted by Crippen LogP contribution is 2.18. The van der Waals surface area contributed by atoms with Gasteiger partial charge < -0.3 is 15.0 Å². The molecule has 0 aliphatic carbocycles. The summed E-state index contributed by atoms with van der Waals surface area (Å²) in [4.78, 5) is 17.5. The van der Waals surface area contributed by atoms with Crippen molar-refractivity contribution in [3.63, 3.8) is 0 Å². The number of hydrogen-bond donors (Lipinski definition) is 1.